The summed E-state index contributed by atoms with van der Waals surface area (Å²) in [4.78, 5) is 41.1. The minimum Gasteiger partial charge on any atom is -0.352 e. The summed E-state index contributed by atoms with van der Waals surface area (Å²) in [6.07, 6.45) is 7.87. The Morgan fingerprint density at radius 2 is 1.59 bits per heavy atom. The van der Waals surface area contributed by atoms with Gasteiger partial charge in [0.05, 0.1) is 11.8 Å². The lowest BCUT2D eigenvalue weighted by Crippen LogP contribution is -2.35. The Morgan fingerprint density at radius 3 is 2.24 bits per heavy atom. The minimum atomic E-state index is -0.229. The van der Waals surface area contributed by atoms with Crippen molar-refractivity contribution in [2.24, 2.45) is 11.8 Å². The molecule has 6 nitrogen and oxygen atoms in total. The average molecular weight is 396 g/mol. The van der Waals surface area contributed by atoms with Crippen LogP contribution in [0, 0.1) is 11.8 Å². The molecule has 0 aromatic heterocycles. The quantitative estimate of drug-likeness (QED) is 0.568. The maximum absolute atomic E-state index is 12.5. The number of hydrogen-bond acceptors (Lipinski definition) is 4. The molecule has 0 bridgehead atoms. The molecule has 2 fully saturated rings. The molecule has 1 N–H and O–H groups in total. The van der Waals surface area contributed by atoms with E-state index >= 15 is 0 Å². The predicted molar refractivity (Wildman–Crippen MR) is 109 cm³/mol. The first-order valence-corrected chi connectivity index (χ1v) is 10.7. The van der Waals surface area contributed by atoms with Crippen molar-refractivity contribution in [2.45, 2.75) is 45.2 Å². The van der Waals surface area contributed by atoms with Crippen LogP contribution in [0.2, 0.25) is 0 Å². The van der Waals surface area contributed by atoms with E-state index in [1.54, 1.807) is 0 Å². The second-order valence-corrected chi connectivity index (χ2v) is 8.26. The molecule has 2 saturated heterocycles. The fourth-order valence-corrected chi connectivity index (χ4v) is 4.65. The smallest absolute Gasteiger partial charge is 0.233 e. The van der Waals surface area contributed by atoms with E-state index in [1.807, 2.05) is 24.3 Å². The monoisotopic (exact) mass is 395 g/mol. The van der Waals surface area contributed by atoms with E-state index in [-0.39, 0.29) is 42.5 Å². The van der Waals surface area contributed by atoms with Crippen LogP contribution in [-0.2, 0) is 27.5 Å². The maximum atomic E-state index is 12.5. The first kappa shape index (κ1) is 19.8. The Morgan fingerprint density at radius 1 is 0.966 bits per heavy atom. The van der Waals surface area contributed by atoms with Crippen LogP contribution in [0.25, 0.3) is 0 Å². The van der Waals surface area contributed by atoms with Crippen LogP contribution in [-0.4, -0.2) is 47.2 Å². The van der Waals surface area contributed by atoms with Crippen LogP contribution in [0.4, 0.5) is 0 Å². The number of rotatable bonds is 7. The van der Waals surface area contributed by atoms with Gasteiger partial charge in [0.2, 0.25) is 17.7 Å². The van der Waals surface area contributed by atoms with Crippen LogP contribution in [0.1, 0.15) is 43.2 Å². The molecule has 6 heteroatoms. The van der Waals surface area contributed by atoms with Gasteiger partial charge >= 0.3 is 0 Å². The van der Waals surface area contributed by atoms with Crippen LogP contribution in [0.5, 0.6) is 0 Å². The second kappa shape index (κ2) is 8.91. The fraction of sp³-hybridized carbons (Fsp3) is 0.522. The van der Waals surface area contributed by atoms with Crippen molar-refractivity contribution in [3.05, 3.63) is 47.5 Å². The lowest BCUT2D eigenvalue weighted by molar-refractivity contribution is -0.140. The van der Waals surface area contributed by atoms with Crippen molar-refractivity contribution >= 4 is 17.7 Å². The summed E-state index contributed by atoms with van der Waals surface area (Å²) in [7, 11) is 0. The summed E-state index contributed by atoms with van der Waals surface area (Å²) in [6.45, 7) is 3.83. The topological polar surface area (TPSA) is 69.7 Å². The zero-order valence-electron chi connectivity index (χ0n) is 16.8. The van der Waals surface area contributed by atoms with Crippen molar-refractivity contribution in [1.29, 1.82) is 0 Å². The number of carbonyl (C=O) groups excluding carboxylic acids is 3. The number of carbonyl (C=O) groups is 3. The predicted octanol–water partition coefficient (Wildman–Crippen LogP) is 2.24. The molecule has 4 rings (SSSR count). The van der Waals surface area contributed by atoms with Crippen LogP contribution < -0.4 is 5.32 Å². The molecule has 0 spiro atoms. The lowest BCUT2D eigenvalue weighted by atomic mass is 9.85. The highest BCUT2D eigenvalue weighted by atomic mass is 16.2. The Labute approximate surface area is 171 Å². The lowest BCUT2D eigenvalue weighted by Gasteiger charge is -2.18. The van der Waals surface area contributed by atoms with E-state index < -0.39 is 0 Å². The summed E-state index contributed by atoms with van der Waals surface area (Å²) in [5.74, 6) is -0.822. The van der Waals surface area contributed by atoms with Gasteiger partial charge in [0.15, 0.2) is 0 Å². The number of imide groups is 1. The molecule has 1 aromatic rings. The zero-order valence-corrected chi connectivity index (χ0v) is 16.8. The number of benzene rings is 1. The summed E-state index contributed by atoms with van der Waals surface area (Å²) >= 11 is 0. The van der Waals surface area contributed by atoms with Gasteiger partial charge < -0.3 is 5.32 Å². The van der Waals surface area contributed by atoms with Crippen molar-refractivity contribution in [2.75, 3.05) is 19.6 Å². The highest BCUT2D eigenvalue weighted by Crippen LogP contribution is 2.34. The number of nitrogens with zero attached hydrogens (tertiary/aromatic N) is 2. The highest BCUT2D eigenvalue weighted by Gasteiger charge is 2.46. The van der Waals surface area contributed by atoms with Gasteiger partial charge in [-0.2, -0.15) is 0 Å². The summed E-state index contributed by atoms with van der Waals surface area (Å²) in [6, 6.07) is 8.20. The molecule has 154 valence electrons. The molecule has 1 aliphatic carbocycles. The van der Waals surface area contributed by atoms with Crippen molar-refractivity contribution < 1.29 is 14.4 Å². The zero-order chi connectivity index (χ0) is 20.2. The molecule has 0 unspecified atom stereocenters. The van der Waals surface area contributed by atoms with Crippen LogP contribution in [0.3, 0.4) is 0 Å². The first-order chi connectivity index (χ1) is 14.1. The van der Waals surface area contributed by atoms with Gasteiger partial charge in [-0.1, -0.05) is 36.4 Å². The van der Waals surface area contributed by atoms with Crippen LogP contribution >= 0.6 is 0 Å². The van der Waals surface area contributed by atoms with E-state index in [9.17, 15) is 14.4 Å². The van der Waals surface area contributed by atoms with Crippen molar-refractivity contribution in [1.82, 2.24) is 15.1 Å². The minimum absolute atomic E-state index is 0.117. The Balaban J connectivity index is 1.28. The van der Waals surface area contributed by atoms with Gasteiger partial charge in [-0.15, -0.1) is 0 Å². The Hall–Kier alpha value is -2.47. The van der Waals surface area contributed by atoms with Gasteiger partial charge in [0.25, 0.3) is 0 Å². The third-order valence-electron chi connectivity index (χ3n) is 6.35. The number of likely N-dealkylation sites (tertiary alicyclic amines) is 2. The summed E-state index contributed by atoms with van der Waals surface area (Å²) in [5.41, 5.74) is 2.37. The number of amides is 3. The summed E-state index contributed by atoms with van der Waals surface area (Å²) < 4.78 is 0. The van der Waals surface area contributed by atoms with Crippen molar-refractivity contribution in [3.63, 3.8) is 0 Å². The number of allylic oxidation sites excluding steroid dienone is 2. The van der Waals surface area contributed by atoms with Gasteiger partial charge in [-0.05, 0) is 49.9 Å². The molecule has 2 atom stereocenters. The van der Waals surface area contributed by atoms with E-state index in [1.165, 1.54) is 23.3 Å². The maximum Gasteiger partial charge on any atom is 0.233 e. The SMILES string of the molecule is O=C(CCN1C(=O)[C@H]2CC=CC[C@H]2C1=O)NCc1ccccc1CN1CCCC1. The van der Waals surface area contributed by atoms with Crippen LogP contribution in [0.15, 0.2) is 36.4 Å². The molecule has 2 aliphatic heterocycles. The second-order valence-electron chi connectivity index (χ2n) is 8.26. The average Bonchev–Trinajstić information content (AvgIpc) is 3.33. The fourth-order valence-electron chi connectivity index (χ4n) is 4.65. The van der Waals surface area contributed by atoms with Gasteiger partial charge in [-0.25, -0.2) is 0 Å². The Bertz CT molecular complexity index is 787. The van der Waals surface area contributed by atoms with Gasteiger partial charge in [-0.3, -0.25) is 24.2 Å². The van der Waals surface area contributed by atoms with E-state index in [0.29, 0.717) is 19.4 Å². The van der Waals surface area contributed by atoms with E-state index in [0.717, 1.165) is 25.2 Å². The van der Waals surface area contributed by atoms with Gasteiger partial charge in [0.1, 0.15) is 0 Å². The number of nitrogens with one attached hydrogen (secondary N) is 1. The molecule has 3 amide bonds. The largest absolute Gasteiger partial charge is 0.352 e. The number of fused-ring (bicyclic) bond motifs is 1. The standard InChI is InChI=1S/C23H29N3O3/c27-21(11-14-26-22(28)19-9-3-4-10-20(19)23(26)29)24-15-17-7-1-2-8-18(17)16-25-12-5-6-13-25/h1-4,7-8,19-20H,5-6,9-16H2,(H,24,27)/t19-,20+. The molecule has 0 radical (unpaired) electrons. The van der Waals surface area contributed by atoms with E-state index in [4.69, 9.17) is 0 Å². The molecular weight excluding hydrogens is 366 g/mol. The third-order valence-corrected chi connectivity index (χ3v) is 6.35. The molecule has 0 saturated carbocycles. The molecular formula is C23H29N3O3. The van der Waals surface area contributed by atoms with Crippen molar-refractivity contribution in [3.8, 4) is 0 Å². The molecule has 29 heavy (non-hydrogen) atoms. The molecule has 1 aromatic carbocycles. The van der Waals surface area contributed by atoms with Gasteiger partial charge in [0, 0.05) is 26.1 Å². The number of hydrogen-bond donors (Lipinski definition) is 1. The van der Waals surface area contributed by atoms with E-state index in [2.05, 4.69) is 22.3 Å². The Kier molecular flexibility index (Phi) is 6.09. The third kappa shape index (κ3) is 4.42. The summed E-state index contributed by atoms with van der Waals surface area (Å²) in [5, 5.41) is 2.96. The highest BCUT2D eigenvalue weighted by molar-refractivity contribution is 6.05. The molecule has 2 heterocycles. The molecule has 3 aliphatic rings. The first-order valence-electron chi connectivity index (χ1n) is 10.7. The normalized spacial score (nSPS) is 24.2.